The minimum atomic E-state index is -0.225. The molecule has 0 fully saturated rings. The number of esters is 1. The van der Waals surface area contributed by atoms with Gasteiger partial charge in [0, 0.05) is 5.92 Å². The van der Waals surface area contributed by atoms with Crippen LogP contribution in [0.3, 0.4) is 0 Å². The molecule has 1 heterocycles. The van der Waals surface area contributed by atoms with E-state index in [0.29, 0.717) is 19.4 Å². The monoisotopic (exact) mass is 270 g/mol. The molecule has 3 heteroatoms. The standard InChI is InChI=1S/C17H18O3/c1-2-7-15(16-10-6-11-19-16)12-17(18)20-13-14-8-4-3-5-9-14/h2-6,8-11,15H,1,7,12-13H2. The second kappa shape index (κ2) is 7.34. The molecule has 0 saturated heterocycles. The maximum absolute atomic E-state index is 11.9. The quantitative estimate of drug-likeness (QED) is 0.562. The van der Waals surface area contributed by atoms with Crippen molar-refractivity contribution >= 4 is 5.97 Å². The molecular weight excluding hydrogens is 252 g/mol. The lowest BCUT2D eigenvalue weighted by Crippen LogP contribution is -2.10. The summed E-state index contributed by atoms with van der Waals surface area (Å²) >= 11 is 0. The average Bonchev–Trinajstić information content (AvgIpc) is 3.00. The zero-order chi connectivity index (χ0) is 14.2. The van der Waals surface area contributed by atoms with E-state index in [0.717, 1.165) is 11.3 Å². The van der Waals surface area contributed by atoms with Gasteiger partial charge in [0.15, 0.2) is 0 Å². The van der Waals surface area contributed by atoms with Gasteiger partial charge in [0.25, 0.3) is 0 Å². The minimum Gasteiger partial charge on any atom is -0.469 e. The van der Waals surface area contributed by atoms with Crippen molar-refractivity contribution in [3.05, 3.63) is 72.7 Å². The Bertz CT molecular complexity index is 529. The van der Waals surface area contributed by atoms with Crippen molar-refractivity contribution in [2.24, 2.45) is 0 Å². The summed E-state index contributed by atoms with van der Waals surface area (Å²) < 4.78 is 10.6. The maximum Gasteiger partial charge on any atom is 0.306 e. The first-order valence-electron chi connectivity index (χ1n) is 6.63. The van der Waals surface area contributed by atoms with E-state index in [1.807, 2.05) is 42.5 Å². The van der Waals surface area contributed by atoms with Crippen LogP contribution >= 0.6 is 0 Å². The molecule has 2 aromatic rings. The smallest absolute Gasteiger partial charge is 0.306 e. The molecule has 0 spiro atoms. The Morgan fingerprint density at radius 2 is 2.05 bits per heavy atom. The number of hydrogen-bond acceptors (Lipinski definition) is 3. The molecule has 0 saturated carbocycles. The van der Waals surface area contributed by atoms with Crippen LogP contribution in [-0.4, -0.2) is 5.97 Å². The van der Waals surface area contributed by atoms with Gasteiger partial charge in [-0.2, -0.15) is 0 Å². The first kappa shape index (κ1) is 14.1. The van der Waals surface area contributed by atoms with E-state index in [9.17, 15) is 4.79 Å². The van der Waals surface area contributed by atoms with Crippen molar-refractivity contribution in [3.63, 3.8) is 0 Å². The van der Waals surface area contributed by atoms with Gasteiger partial charge in [-0.15, -0.1) is 6.58 Å². The van der Waals surface area contributed by atoms with Gasteiger partial charge in [-0.3, -0.25) is 4.79 Å². The predicted octanol–water partition coefficient (Wildman–Crippen LogP) is 4.07. The van der Waals surface area contributed by atoms with E-state index in [-0.39, 0.29) is 11.9 Å². The Kier molecular flexibility index (Phi) is 5.18. The summed E-state index contributed by atoms with van der Waals surface area (Å²) in [6, 6.07) is 13.3. The molecule has 2 rings (SSSR count). The van der Waals surface area contributed by atoms with Gasteiger partial charge in [0.05, 0.1) is 12.7 Å². The third kappa shape index (κ3) is 4.12. The van der Waals surface area contributed by atoms with E-state index >= 15 is 0 Å². The van der Waals surface area contributed by atoms with Crippen LogP contribution in [0, 0.1) is 0 Å². The van der Waals surface area contributed by atoms with Crippen LogP contribution in [-0.2, 0) is 16.1 Å². The van der Waals surface area contributed by atoms with Crippen molar-refractivity contribution in [2.75, 3.05) is 0 Å². The lowest BCUT2D eigenvalue weighted by Gasteiger charge is -2.12. The Morgan fingerprint density at radius 1 is 1.25 bits per heavy atom. The van der Waals surface area contributed by atoms with Crippen LogP contribution in [0.4, 0.5) is 0 Å². The van der Waals surface area contributed by atoms with Crippen molar-refractivity contribution in [2.45, 2.75) is 25.4 Å². The van der Waals surface area contributed by atoms with Crippen LogP contribution in [0.2, 0.25) is 0 Å². The predicted molar refractivity (Wildman–Crippen MR) is 77.1 cm³/mol. The first-order valence-corrected chi connectivity index (χ1v) is 6.63. The molecule has 1 aromatic carbocycles. The topological polar surface area (TPSA) is 39.4 Å². The van der Waals surface area contributed by atoms with Crippen LogP contribution in [0.1, 0.15) is 30.1 Å². The molecule has 0 aliphatic rings. The Morgan fingerprint density at radius 3 is 2.70 bits per heavy atom. The van der Waals surface area contributed by atoms with Gasteiger partial charge in [-0.05, 0) is 24.1 Å². The largest absolute Gasteiger partial charge is 0.469 e. The molecule has 1 atom stereocenters. The molecule has 104 valence electrons. The van der Waals surface area contributed by atoms with Crippen LogP contribution in [0.15, 0.2) is 65.8 Å². The summed E-state index contributed by atoms with van der Waals surface area (Å²) in [5.41, 5.74) is 0.985. The van der Waals surface area contributed by atoms with E-state index in [1.54, 1.807) is 12.3 Å². The zero-order valence-electron chi connectivity index (χ0n) is 11.3. The van der Waals surface area contributed by atoms with Crippen LogP contribution < -0.4 is 0 Å². The lowest BCUT2D eigenvalue weighted by molar-refractivity contribution is -0.145. The van der Waals surface area contributed by atoms with Crippen LogP contribution in [0.25, 0.3) is 0 Å². The number of furan rings is 1. The highest BCUT2D eigenvalue weighted by Crippen LogP contribution is 2.24. The number of benzene rings is 1. The van der Waals surface area contributed by atoms with E-state index in [4.69, 9.17) is 9.15 Å². The molecule has 3 nitrogen and oxygen atoms in total. The highest BCUT2D eigenvalue weighted by atomic mass is 16.5. The lowest BCUT2D eigenvalue weighted by atomic mass is 9.99. The number of carbonyl (C=O) groups is 1. The van der Waals surface area contributed by atoms with Crippen molar-refractivity contribution in [3.8, 4) is 0 Å². The molecule has 0 bridgehead atoms. The molecule has 0 aliphatic carbocycles. The number of carbonyl (C=O) groups excluding carboxylic acids is 1. The summed E-state index contributed by atoms with van der Waals surface area (Å²) in [4.78, 5) is 11.9. The summed E-state index contributed by atoms with van der Waals surface area (Å²) in [5, 5.41) is 0. The second-order valence-corrected chi connectivity index (χ2v) is 4.59. The van der Waals surface area contributed by atoms with Crippen LogP contribution in [0.5, 0.6) is 0 Å². The molecular formula is C17H18O3. The summed E-state index contributed by atoms with van der Waals surface area (Å²) in [5.74, 6) is 0.560. The normalized spacial score (nSPS) is 11.8. The molecule has 0 amide bonds. The highest BCUT2D eigenvalue weighted by molar-refractivity contribution is 5.70. The van der Waals surface area contributed by atoms with Gasteiger partial charge in [0.1, 0.15) is 12.4 Å². The summed E-state index contributed by atoms with van der Waals surface area (Å²) in [6.45, 7) is 4.02. The number of ether oxygens (including phenoxy) is 1. The molecule has 1 unspecified atom stereocenters. The Labute approximate surface area is 118 Å². The molecule has 0 radical (unpaired) electrons. The minimum absolute atomic E-state index is 0.00854. The highest BCUT2D eigenvalue weighted by Gasteiger charge is 2.18. The second-order valence-electron chi connectivity index (χ2n) is 4.59. The van der Waals surface area contributed by atoms with Gasteiger partial charge < -0.3 is 9.15 Å². The third-order valence-corrected chi connectivity index (χ3v) is 3.05. The SMILES string of the molecule is C=CCC(CC(=O)OCc1ccccc1)c1ccco1. The number of allylic oxidation sites excluding steroid dienone is 1. The average molecular weight is 270 g/mol. The summed E-state index contributed by atoms with van der Waals surface area (Å²) in [6.07, 6.45) is 4.39. The number of rotatable bonds is 7. The Balaban J connectivity index is 1.87. The van der Waals surface area contributed by atoms with Crippen molar-refractivity contribution in [1.29, 1.82) is 0 Å². The van der Waals surface area contributed by atoms with Crippen molar-refractivity contribution < 1.29 is 13.9 Å². The van der Waals surface area contributed by atoms with Gasteiger partial charge in [-0.1, -0.05) is 36.4 Å². The van der Waals surface area contributed by atoms with Gasteiger partial charge in [-0.25, -0.2) is 0 Å². The fourth-order valence-electron chi connectivity index (χ4n) is 2.02. The summed E-state index contributed by atoms with van der Waals surface area (Å²) in [7, 11) is 0. The number of hydrogen-bond donors (Lipinski definition) is 0. The third-order valence-electron chi connectivity index (χ3n) is 3.05. The first-order chi connectivity index (χ1) is 9.79. The molecule has 0 N–H and O–H groups in total. The molecule has 1 aromatic heterocycles. The molecule has 0 aliphatic heterocycles. The fourth-order valence-corrected chi connectivity index (χ4v) is 2.02. The fraction of sp³-hybridized carbons (Fsp3) is 0.235. The van der Waals surface area contributed by atoms with E-state index < -0.39 is 0 Å². The molecule has 20 heavy (non-hydrogen) atoms. The van der Waals surface area contributed by atoms with Crippen molar-refractivity contribution in [1.82, 2.24) is 0 Å². The van der Waals surface area contributed by atoms with E-state index in [2.05, 4.69) is 6.58 Å². The van der Waals surface area contributed by atoms with Gasteiger partial charge in [0.2, 0.25) is 0 Å². The Hall–Kier alpha value is -2.29. The van der Waals surface area contributed by atoms with E-state index in [1.165, 1.54) is 0 Å². The zero-order valence-corrected chi connectivity index (χ0v) is 11.3. The van der Waals surface area contributed by atoms with Gasteiger partial charge >= 0.3 is 5.97 Å². The maximum atomic E-state index is 11.9.